The molecule has 34 heavy (non-hydrogen) atoms. The minimum atomic E-state index is 0.0330. The summed E-state index contributed by atoms with van der Waals surface area (Å²) >= 11 is 0. The number of nitrogens with zero attached hydrogens (tertiary/aromatic N) is 3. The highest BCUT2D eigenvalue weighted by molar-refractivity contribution is 6.00. The van der Waals surface area contributed by atoms with Crippen molar-refractivity contribution in [2.24, 2.45) is 5.92 Å². The molecule has 1 saturated carbocycles. The normalized spacial score (nSPS) is 28.0. The molecule has 1 aliphatic carbocycles. The lowest BCUT2D eigenvalue weighted by atomic mass is 9.86. The fraction of sp³-hybridized carbons (Fsp3) is 0.556. The van der Waals surface area contributed by atoms with Crippen LogP contribution in [-0.4, -0.2) is 48.9 Å². The van der Waals surface area contributed by atoms with Crippen LogP contribution in [-0.2, 0) is 20.8 Å². The van der Waals surface area contributed by atoms with Gasteiger partial charge < -0.3 is 24.6 Å². The monoisotopic (exact) mass is 462 g/mol. The maximum absolute atomic E-state index is 13.9. The van der Waals surface area contributed by atoms with Gasteiger partial charge in [-0.1, -0.05) is 6.07 Å². The molecule has 6 rings (SSSR count). The number of pyridine rings is 1. The number of amides is 1. The van der Waals surface area contributed by atoms with Crippen molar-refractivity contribution < 1.29 is 14.3 Å². The van der Waals surface area contributed by atoms with Crippen molar-refractivity contribution in [3.8, 4) is 0 Å². The van der Waals surface area contributed by atoms with Gasteiger partial charge in [0, 0.05) is 43.1 Å². The first kappa shape index (κ1) is 21.9. The highest BCUT2D eigenvalue weighted by Crippen LogP contribution is 2.41. The minimum absolute atomic E-state index is 0.0330. The Bertz CT molecular complexity index is 1040. The molecule has 2 unspecified atom stereocenters. The quantitative estimate of drug-likeness (QED) is 0.714. The Morgan fingerprint density at radius 3 is 2.68 bits per heavy atom. The molecule has 1 aromatic carbocycles. The predicted molar refractivity (Wildman–Crippen MR) is 133 cm³/mol. The standard InChI is InChI=1S/C27H34N4O3/c1-2-33-21-8-5-18(6-9-21)27(32)31-15-19-4-3-13-28-26(19)29-24-12-7-20(14-25(24)31)30-16-22-10-11-23(17-30)34-22/h3-4,7,12-14,18,21-23H,2,5-6,8-11,15-17H2,1H3,(H,28,29). The summed E-state index contributed by atoms with van der Waals surface area (Å²) in [5.41, 5.74) is 4.10. The van der Waals surface area contributed by atoms with E-state index in [-0.39, 0.29) is 11.8 Å². The third-order valence-corrected chi connectivity index (χ3v) is 7.85. The lowest BCUT2D eigenvalue weighted by molar-refractivity contribution is -0.124. The van der Waals surface area contributed by atoms with Gasteiger partial charge in [0.15, 0.2) is 0 Å². The zero-order chi connectivity index (χ0) is 23.1. The SMILES string of the molecule is CCOC1CCC(C(=O)N2Cc3cccnc3Nc3ccc(N4CC5CCC(C4)O5)cc32)CC1. The first-order valence-corrected chi connectivity index (χ1v) is 12.9. The molecule has 3 fully saturated rings. The van der Waals surface area contributed by atoms with Gasteiger partial charge in [-0.05, 0) is 69.7 Å². The molecule has 1 aromatic heterocycles. The van der Waals surface area contributed by atoms with Crippen LogP contribution in [0, 0.1) is 5.92 Å². The van der Waals surface area contributed by atoms with Crippen molar-refractivity contribution >= 4 is 28.8 Å². The molecular formula is C27H34N4O3. The molecule has 180 valence electrons. The van der Waals surface area contributed by atoms with Crippen LogP contribution in [0.2, 0.25) is 0 Å². The number of fused-ring (bicyclic) bond motifs is 4. The largest absolute Gasteiger partial charge is 0.379 e. The maximum Gasteiger partial charge on any atom is 0.230 e. The average molecular weight is 463 g/mol. The van der Waals surface area contributed by atoms with Gasteiger partial charge in [0.2, 0.25) is 5.91 Å². The Balaban J connectivity index is 1.31. The smallest absolute Gasteiger partial charge is 0.230 e. The van der Waals surface area contributed by atoms with Gasteiger partial charge in [-0.15, -0.1) is 0 Å². The fourth-order valence-corrected chi connectivity index (χ4v) is 6.06. The summed E-state index contributed by atoms with van der Waals surface area (Å²) in [6.45, 7) is 5.15. The number of rotatable bonds is 4. The zero-order valence-electron chi connectivity index (χ0n) is 19.9. The zero-order valence-corrected chi connectivity index (χ0v) is 19.9. The lowest BCUT2D eigenvalue weighted by Crippen LogP contribution is -2.43. The third kappa shape index (κ3) is 4.16. The van der Waals surface area contributed by atoms with Gasteiger partial charge in [0.1, 0.15) is 5.82 Å². The van der Waals surface area contributed by atoms with Crippen molar-refractivity contribution in [2.45, 2.75) is 70.3 Å². The van der Waals surface area contributed by atoms with Gasteiger partial charge in [0.25, 0.3) is 0 Å². The van der Waals surface area contributed by atoms with Crippen molar-refractivity contribution in [3.63, 3.8) is 0 Å². The van der Waals surface area contributed by atoms with E-state index in [4.69, 9.17) is 9.47 Å². The van der Waals surface area contributed by atoms with Crippen LogP contribution in [0.4, 0.5) is 22.9 Å². The fourth-order valence-electron chi connectivity index (χ4n) is 6.06. The molecule has 0 radical (unpaired) electrons. The Hall–Kier alpha value is -2.64. The molecule has 7 heteroatoms. The first-order valence-electron chi connectivity index (χ1n) is 12.9. The van der Waals surface area contributed by atoms with Crippen LogP contribution >= 0.6 is 0 Å². The molecule has 4 aliphatic rings. The number of anilines is 4. The molecule has 1 amide bonds. The summed E-state index contributed by atoms with van der Waals surface area (Å²) in [5, 5.41) is 3.51. The van der Waals surface area contributed by atoms with E-state index in [1.54, 1.807) is 6.20 Å². The Kier molecular flexibility index (Phi) is 5.91. The molecule has 4 heterocycles. The number of carbonyl (C=O) groups excluding carboxylic acids is 1. The molecule has 1 N–H and O–H groups in total. The number of benzene rings is 1. The van der Waals surface area contributed by atoms with Crippen LogP contribution in [0.5, 0.6) is 0 Å². The van der Waals surface area contributed by atoms with Crippen molar-refractivity contribution in [3.05, 3.63) is 42.1 Å². The van der Waals surface area contributed by atoms with Crippen molar-refractivity contribution in [2.75, 3.05) is 34.8 Å². The van der Waals surface area contributed by atoms with E-state index in [1.165, 1.54) is 0 Å². The van der Waals surface area contributed by atoms with Crippen molar-refractivity contribution in [1.82, 2.24) is 4.98 Å². The molecular weight excluding hydrogens is 428 g/mol. The van der Waals surface area contributed by atoms with E-state index in [9.17, 15) is 4.79 Å². The molecule has 2 aromatic rings. The van der Waals surface area contributed by atoms with Gasteiger partial charge in [-0.3, -0.25) is 4.79 Å². The first-order chi connectivity index (χ1) is 16.7. The summed E-state index contributed by atoms with van der Waals surface area (Å²) in [6, 6.07) is 10.5. The Labute approximate surface area is 201 Å². The average Bonchev–Trinajstić information content (AvgIpc) is 3.11. The molecule has 7 nitrogen and oxygen atoms in total. The van der Waals surface area contributed by atoms with E-state index < -0.39 is 0 Å². The third-order valence-electron chi connectivity index (χ3n) is 7.85. The van der Waals surface area contributed by atoms with Gasteiger partial charge in [-0.25, -0.2) is 4.98 Å². The second-order valence-electron chi connectivity index (χ2n) is 10.1. The second kappa shape index (κ2) is 9.19. The molecule has 2 saturated heterocycles. The number of morpholine rings is 1. The maximum atomic E-state index is 13.9. The number of ether oxygens (including phenoxy) is 2. The van der Waals surface area contributed by atoms with Gasteiger partial charge >= 0.3 is 0 Å². The molecule has 2 atom stereocenters. The van der Waals surface area contributed by atoms with Gasteiger partial charge in [0.05, 0.1) is 36.2 Å². The highest BCUT2D eigenvalue weighted by atomic mass is 16.5. The summed E-state index contributed by atoms with van der Waals surface area (Å²) in [4.78, 5) is 22.9. The summed E-state index contributed by atoms with van der Waals surface area (Å²) in [5.74, 6) is 1.08. The van der Waals surface area contributed by atoms with E-state index in [1.807, 2.05) is 17.9 Å². The topological polar surface area (TPSA) is 66.9 Å². The van der Waals surface area contributed by atoms with Crippen LogP contribution in [0.3, 0.4) is 0 Å². The Morgan fingerprint density at radius 1 is 1.12 bits per heavy atom. The van der Waals surface area contributed by atoms with Crippen LogP contribution in [0.25, 0.3) is 0 Å². The molecule has 3 aliphatic heterocycles. The molecule has 2 bridgehead atoms. The number of aromatic nitrogens is 1. The second-order valence-corrected chi connectivity index (χ2v) is 10.1. The highest BCUT2D eigenvalue weighted by Gasteiger charge is 2.36. The van der Waals surface area contributed by atoms with Crippen LogP contribution < -0.4 is 15.1 Å². The summed E-state index contributed by atoms with van der Waals surface area (Å²) < 4.78 is 11.9. The number of hydrogen-bond donors (Lipinski definition) is 1. The van der Waals surface area contributed by atoms with Crippen molar-refractivity contribution in [1.29, 1.82) is 0 Å². The Morgan fingerprint density at radius 2 is 1.91 bits per heavy atom. The summed E-state index contributed by atoms with van der Waals surface area (Å²) in [7, 11) is 0. The minimum Gasteiger partial charge on any atom is -0.379 e. The van der Waals surface area contributed by atoms with E-state index in [2.05, 4.69) is 39.5 Å². The number of carbonyl (C=O) groups is 1. The van der Waals surface area contributed by atoms with E-state index >= 15 is 0 Å². The van der Waals surface area contributed by atoms with E-state index in [0.717, 1.165) is 86.7 Å². The summed E-state index contributed by atoms with van der Waals surface area (Å²) in [6.07, 6.45) is 8.70. The lowest BCUT2D eigenvalue weighted by Gasteiger charge is -2.35. The van der Waals surface area contributed by atoms with E-state index in [0.29, 0.717) is 24.9 Å². The number of nitrogens with one attached hydrogen (secondary N) is 1. The van der Waals surface area contributed by atoms with Gasteiger partial charge in [-0.2, -0.15) is 0 Å². The van der Waals surface area contributed by atoms with Crippen LogP contribution in [0.1, 0.15) is 51.0 Å². The number of hydrogen-bond acceptors (Lipinski definition) is 6. The van der Waals surface area contributed by atoms with Crippen LogP contribution in [0.15, 0.2) is 36.5 Å². The predicted octanol–water partition coefficient (Wildman–Crippen LogP) is 4.63. The molecule has 0 spiro atoms.